The molecule has 0 radical (unpaired) electrons. The minimum atomic E-state index is -0.757. The molecule has 0 N–H and O–H groups in total. The Morgan fingerprint density at radius 3 is 2.08 bits per heavy atom. The van der Waals surface area contributed by atoms with E-state index in [4.69, 9.17) is 14.2 Å². The van der Waals surface area contributed by atoms with Gasteiger partial charge in [0.05, 0.1) is 20.3 Å². The lowest BCUT2D eigenvalue weighted by atomic mass is 9.82. The van der Waals surface area contributed by atoms with E-state index in [1.165, 1.54) is 22.2 Å². The van der Waals surface area contributed by atoms with E-state index in [-0.39, 0.29) is 0 Å². The van der Waals surface area contributed by atoms with Gasteiger partial charge in [0.25, 0.3) is 0 Å². The van der Waals surface area contributed by atoms with Crippen LogP contribution in [0.2, 0.25) is 0 Å². The van der Waals surface area contributed by atoms with E-state index in [9.17, 15) is 0 Å². The zero-order valence-electron chi connectivity index (χ0n) is 21.1. The summed E-state index contributed by atoms with van der Waals surface area (Å²) in [5, 5.41) is 2.37. The summed E-state index contributed by atoms with van der Waals surface area (Å²) in [5.74, 6) is 1.76. The molecule has 4 heteroatoms. The van der Waals surface area contributed by atoms with Crippen LogP contribution in [-0.4, -0.2) is 33.4 Å². The van der Waals surface area contributed by atoms with Gasteiger partial charge in [-0.2, -0.15) is 0 Å². The highest BCUT2D eigenvalue weighted by molar-refractivity contribution is 5.96. The van der Waals surface area contributed by atoms with Gasteiger partial charge < -0.3 is 19.1 Å². The number of methoxy groups -OCH3 is 1. The molecule has 1 fully saturated rings. The monoisotopic (exact) mass is 477 g/mol. The minimum Gasteiger partial charge on any atom is -0.497 e. The van der Waals surface area contributed by atoms with E-state index in [1.54, 1.807) is 7.11 Å². The van der Waals surface area contributed by atoms with E-state index >= 15 is 0 Å². The van der Waals surface area contributed by atoms with Crippen molar-refractivity contribution in [2.24, 2.45) is 0 Å². The van der Waals surface area contributed by atoms with Gasteiger partial charge in [-0.3, -0.25) is 0 Å². The summed E-state index contributed by atoms with van der Waals surface area (Å²) in [6.07, 6.45) is 4.45. The van der Waals surface area contributed by atoms with Crippen molar-refractivity contribution in [1.82, 2.24) is 0 Å². The molecule has 1 saturated heterocycles. The molecular formula is C32H31NO3. The van der Waals surface area contributed by atoms with Crippen LogP contribution in [0.1, 0.15) is 27.8 Å². The first kappa shape index (κ1) is 22.7. The first-order chi connectivity index (χ1) is 17.6. The molecule has 4 nitrogen and oxygen atoms in total. The number of rotatable bonds is 4. The van der Waals surface area contributed by atoms with Crippen molar-refractivity contribution in [2.75, 3.05) is 38.3 Å². The maximum absolute atomic E-state index is 7.14. The van der Waals surface area contributed by atoms with E-state index in [1.807, 2.05) is 12.1 Å². The number of hydrogen-bond acceptors (Lipinski definition) is 4. The molecule has 0 aromatic heterocycles. The highest BCUT2D eigenvalue weighted by Crippen LogP contribution is 2.47. The molecule has 1 atom stereocenters. The molecule has 0 aliphatic carbocycles. The topological polar surface area (TPSA) is 30.9 Å². The van der Waals surface area contributed by atoms with Crippen LogP contribution >= 0.6 is 0 Å². The molecule has 182 valence electrons. The standard InChI is InChI=1S/C32H31NO3/c1-22-23(2)29-16-17-32(25-10-14-27(34-3)15-11-25,36-31(29)30-7-5-4-6-28(22)30)24-8-12-26(13-9-24)33-18-20-35-21-19-33/h4-17H,18-21H2,1-3H3. The van der Waals surface area contributed by atoms with Gasteiger partial charge >= 0.3 is 0 Å². The number of aryl methyl sites for hydroxylation is 1. The zero-order chi connectivity index (χ0) is 24.7. The van der Waals surface area contributed by atoms with Crippen LogP contribution in [0.25, 0.3) is 16.8 Å². The van der Waals surface area contributed by atoms with Crippen LogP contribution in [0, 0.1) is 13.8 Å². The zero-order valence-corrected chi connectivity index (χ0v) is 21.1. The SMILES string of the molecule is COc1ccc(C2(c3ccc(N4CCOCC4)cc3)C=Cc3c(C)c(C)c4ccccc4c3O2)cc1. The van der Waals surface area contributed by atoms with Crippen molar-refractivity contribution >= 4 is 22.5 Å². The Bertz CT molecular complexity index is 1430. The number of morpholine rings is 1. The van der Waals surface area contributed by atoms with Gasteiger partial charge in [-0.25, -0.2) is 0 Å². The maximum Gasteiger partial charge on any atom is 0.178 e. The fraction of sp³-hybridized carbons (Fsp3) is 0.250. The fourth-order valence-corrected chi connectivity index (χ4v) is 5.49. The van der Waals surface area contributed by atoms with Gasteiger partial charge in [0, 0.05) is 40.9 Å². The van der Waals surface area contributed by atoms with Crippen LogP contribution in [0.4, 0.5) is 5.69 Å². The van der Waals surface area contributed by atoms with Crippen molar-refractivity contribution in [3.05, 3.63) is 107 Å². The van der Waals surface area contributed by atoms with Crippen LogP contribution in [0.5, 0.6) is 11.5 Å². The summed E-state index contributed by atoms with van der Waals surface area (Å²) < 4.78 is 18.1. The second kappa shape index (κ2) is 9.03. The number of ether oxygens (including phenoxy) is 3. The lowest BCUT2D eigenvalue weighted by Crippen LogP contribution is -2.37. The quantitative estimate of drug-likeness (QED) is 0.329. The molecule has 4 aromatic carbocycles. The van der Waals surface area contributed by atoms with E-state index in [0.29, 0.717) is 0 Å². The summed E-state index contributed by atoms with van der Waals surface area (Å²) >= 11 is 0. The third kappa shape index (κ3) is 3.64. The van der Waals surface area contributed by atoms with Gasteiger partial charge in [0.15, 0.2) is 5.60 Å². The van der Waals surface area contributed by atoms with Crippen molar-refractivity contribution in [3.63, 3.8) is 0 Å². The minimum absolute atomic E-state index is 0.757. The normalized spacial score (nSPS) is 19.1. The lowest BCUT2D eigenvalue weighted by Gasteiger charge is -2.38. The van der Waals surface area contributed by atoms with Gasteiger partial charge in [-0.1, -0.05) is 54.6 Å². The highest BCUT2D eigenvalue weighted by Gasteiger charge is 2.38. The first-order valence-electron chi connectivity index (χ1n) is 12.6. The summed E-state index contributed by atoms with van der Waals surface area (Å²) in [4.78, 5) is 2.37. The molecule has 6 rings (SSSR count). The smallest absolute Gasteiger partial charge is 0.178 e. The largest absolute Gasteiger partial charge is 0.497 e. The molecular weight excluding hydrogens is 446 g/mol. The molecule has 0 bridgehead atoms. The molecule has 0 spiro atoms. The molecule has 36 heavy (non-hydrogen) atoms. The Morgan fingerprint density at radius 2 is 1.42 bits per heavy atom. The summed E-state index contributed by atoms with van der Waals surface area (Å²) in [6.45, 7) is 7.75. The van der Waals surface area contributed by atoms with Crippen molar-refractivity contribution < 1.29 is 14.2 Å². The Labute approximate surface area is 212 Å². The van der Waals surface area contributed by atoms with Crippen LogP contribution in [0.3, 0.4) is 0 Å². The molecule has 4 aromatic rings. The Kier molecular flexibility index (Phi) is 5.69. The van der Waals surface area contributed by atoms with E-state index in [0.717, 1.165) is 59.9 Å². The summed E-state index contributed by atoms with van der Waals surface area (Å²) in [7, 11) is 1.69. The molecule has 2 heterocycles. The Hall–Kier alpha value is -3.76. The molecule has 2 aliphatic rings. The molecule has 1 unspecified atom stereocenters. The summed E-state index contributed by atoms with van der Waals surface area (Å²) in [5.41, 5.74) is 6.31. The van der Waals surface area contributed by atoms with Crippen LogP contribution in [-0.2, 0) is 10.3 Å². The maximum atomic E-state index is 7.14. The van der Waals surface area contributed by atoms with Crippen LogP contribution < -0.4 is 14.4 Å². The number of anilines is 1. The summed E-state index contributed by atoms with van der Waals surface area (Å²) in [6, 6.07) is 25.6. The Balaban J connectivity index is 1.51. The number of nitrogens with zero attached hydrogens (tertiary/aromatic N) is 1. The number of fused-ring (bicyclic) bond motifs is 3. The third-order valence-corrected chi connectivity index (χ3v) is 7.73. The van der Waals surface area contributed by atoms with Gasteiger partial charge in [0.1, 0.15) is 11.5 Å². The van der Waals surface area contributed by atoms with Crippen molar-refractivity contribution in [3.8, 4) is 11.5 Å². The predicted octanol–water partition coefficient (Wildman–Crippen LogP) is 6.65. The predicted molar refractivity (Wildman–Crippen MR) is 146 cm³/mol. The highest BCUT2D eigenvalue weighted by atomic mass is 16.5. The van der Waals surface area contributed by atoms with Crippen molar-refractivity contribution in [1.29, 1.82) is 0 Å². The third-order valence-electron chi connectivity index (χ3n) is 7.73. The molecule has 2 aliphatic heterocycles. The molecule has 0 amide bonds. The van der Waals surface area contributed by atoms with Crippen LogP contribution in [0.15, 0.2) is 78.9 Å². The van der Waals surface area contributed by atoms with Gasteiger partial charge in [0.2, 0.25) is 0 Å². The van der Waals surface area contributed by atoms with E-state index < -0.39 is 5.60 Å². The second-order valence-corrected chi connectivity index (χ2v) is 9.58. The molecule has 0 saturated carbocycles. The number of benzene rings is 4. The second-order valence-electron chi connectivity index (χ2n) is 9.58. The number of hydrogen-bond donors (Lipinski definition) is 0. The first-order valence-corrected chi connectivity index (χ1v) is 12.6. The average molecular weight is 478 g/mol. The lowest BCUT2D eigenvalue weighted by molar-refractivity contribution is 0.122. The van der Waals surface area contributed by atoms with Gasteiger partial charge in [-0.05, 0) is 60.7 Å². The average Bonchev–Trinajstić information content (AvgIpc) is 2.96. The fourth-order valence-electron chi connectivity index (χ4n) is 5.49. The van der Waals surface area contributed by atoms with E-state index in [2.05, 4.69) is 91.6 Å². The Morgan fingerprint density at radius 1 is 0.778 bits per heavy atom. The van der Waals surface area contributed by atoms with Gasteiger partial charge in [-0.15, -0.1) is 0 Å². The van der Waals surface area contributed by atoms with Crippen molar-refractivity contribution in [2.45, 2.75) is 19.4 Å².